The predicted octanol–water partition coefficient (Wildman–Crippen LogP) is 5.21. The molecule has 1 N–H and O–H groups in total. The van der Waals surface area contributed by atoms with Crippen molar-refractivity contribution >= 4 is 17.5 Å². The molecule has 0 atom stereocenters. The Morgan fingerprint density at radius 2 is 1.83 bits per heavy atom. The van der Waals surface area contributed by atoms with Gasteiger partial charge in [-0.1, -0.05) is 47.9 Å². The number of hydrogen-bond donors (Lipinski definition) is 1. The van der Waals surface area contributed by atoms with Gasteiger partial charge in [0, 0.05) is 23.7 Å². The number of nitrogens with one attached hydrogen (secondary N) is 1. The van der Waals surface area contributed by atoms with Crippen molar-refractivity contribution in [1.29, 1.82) is 0 Å². The molecule has 4 rings (SSSR count). The third kappa shape index (κ3) is 4.54. The van der Waals surface area contributed by atoms with Crippen LogP contribution in [-0.2, 0) is 19.4 Å². The summed E-state index contributed by atoms with van der Waals surface area (Å²) in [5, 5.41) is 3.77. The number of rotatable bonds is 5. The van der Waals surface area contributed by atoms with E-state index in [4.69, 9.17) is 16.6 Å². The molecule has 0 unspecified atom stereocenters. The molecule has 0 spiro atoms. The summed E-state index contributed by atoms with van der Waals surface area (Å²) in [5.74, 6) is 0.783. The molecule has 0 aliphatic carbocycles. The number of carbonyl (C=O) groups excluding carboxylic acids is 1. The molecule has 1 amide bonds. The first-order valence-corrected chi connectivity index (χ1v) is 10.7. The second-order valence-electron chi connectivity index (χ2n) is 7.69. The molecule has 29 heavy (non-hydrogen) atoms. The van der Waals surface area contributed by atoms with E-state index in [1.165, 1.54) is 17.5 Å². The summed E-state index contributed by atoms with van der Waals surface area (Å²) in [6.07, 6.45) is 5.08. The number of imidazole rings is 1. The Labute approximate surface area is 176 Å². The fourth-order valence-corrected chi connectivity index (χ4v) is 4.01. The van der Waals surface area contributed by atoms with E-state index in [1.54, 1.807) is 0 Å². The summed E-state index contributed by atoms with van der Waals surface area (Å²) >= 11 is 6.05. The number of nitrogens with zero attached hydrogens (tertiary/aromatic N) is 2. The number of hydrogen-bond acceptors (Lipinski definition) is 2. The smallest absolute Gasteiger partial charge is 0.271 e. The third-order valence-electron chi connectivity index (χ3n) is 5.51. The normalized spacial score (nSPS) is 13.6. The molecule has 3 aromatic rings. The molecule has 1 aromatic heterocycles. The van der Waals surface area contributed by atoms with E-state index in [1.807, 2.05) is 24.3 Å². The monoisotopic (exact) mass is 407 g/mol. The highest BCUT2D eigenvalue weighted by Crippen LogP contribution is 2.28. The Kier molecular flexibility index (Phi) is 6.00. The first-order valence-electron chi connectivity index (χ1n) is 10.3. The highest BCUT2D eigenvalue weighted by atomic mass is 35.5. The van der Waals surface area contributed by atoms with Crippen LogP contribution in [0.2, 0.25) is 5.02 Å². The van der Waals surface area contributed by atoms with Gasteiger partial charge >= 0.3 is 0 Å². The van der Waals surface area contributed by atoms with E-state index in [-0.39, 0.29) is 5.91 Å². The summed E-state index contributed by atoms with van der Waals surface area (Å²) in [7, 11) is 0. The standard InChI is InChI=1S/C24H26ClN3O/c1-17-6-8-18(9-7-17)14-15-26-24(29)22-21-5-3-2-4-16-28(21)23(27-22)19-10-12-20(25)13-11-19/h6-13H,2-5,14-16H2,1H3,(H,26,29). The Morgan fingerprint density at radius 1 is 1.07 bits per heavy atom. The minimum atomic E-state index is -0.0806. The van der Waals surface area contributed by atoms with Gasteiger partial charge in [0.1, 0.15) is 11.5 Å². The van der Waals surface area contributed by atoms with Crippen LogP contribution in [0, 0.1) is 6.92 Å². The molecule has 0 radical (unpaired) electrons. The van der Waals surface area contributed by atoms with Crippen LogP contribution in [0.4, 0.5) is 0 Å². The van der Waals surface area contributed by atoms with Crippen molar-refractivity contribution in [3.63, 3.8) is 0 Å². The van der Waals surface area contributed by atoms with E-state index in [2.05, 4.69) is 41.1 Å². The zero-order chi connectivity index (χ0) is 20.2. The molecule has 2 heterocycles. The summed E-state index contributed by atoms with van der Waals surface area (Å²) in [6.45, 7) is 3.58. The van der Waals surface area contributed by atoms with Crippen molar-refractivity contribution in [2.75, 3.05) is 6.54 Å². The van der Waals surface area contributed by atoms with E-state index in [9.17, 15) is 4.79 Å². The fourth-order valence-electron chi connectivity index (χ4n) is 3.88. The van der Waals surface area contributed by atoms with Crippen molar-refractivity contribution in [3.8, 4) is 11.4 Å². The van der Waals surface area contributed by atoms with E-state index in [0.717, 1.165) is 49.3 Å². The molecule has 0 saturated carbocycles. The Balaban J connectivity index is 1.55. The number of halogens is 1. The van der Waals surface area contributed by atoms with Crippen LogP contribution < -0.4 is 5.32 Å². The number of aromatic nitrogens is 2. The minimum Gasteiger partial charge on any atom is -0.350 e. The second kappa shape index (κ2) is 8.83. The Hall–Kier alpha value is -2.59. The average Bonchev–Trinajstić information content (AvgIpc) is 2.91. The lowest BCUT2D eigenvalue weighted by atomic mass is 10.1. The molecule has 5 heteroatoms. The largest absolute Gasteiger partial charge is 0.350 e. The van der Waals surface area contributed by atoms with Crippen molar-refractivity contribution in [2.45, 2.75) is 45.6 Å². The summed E-state index contributed by atoms with van der Waals surface area (Å²) < 4.78 is 2.23. The van der Waals surface area contributed by atoms with Gasteiger partial charge in [0.25, 0.3) is 5.91 Å². The molecule has 0 bridgehead atoms. The number of fused-ring (bicyclic) bond motifs is 1. The molecular weight excluding hydrogens is 382 g/mol. The molecule has 1 aliphatic heterocycles. The molecule has 150 valence electrons. The third-order valence-corrected chi connectivity index (χ3v) is 5.76. The molecule has 0 fully saturated rings. The van der Waals surface area contributed by atoms with Crippen LogP contribution in [0.3, 0.4) is 0 Å². The van der Waals surface area contributed by atoms with Gasteiger partial charge in [0.15, 0.2) is 0 Å². The Bertz CT molecular complexity index is 990. The van der Waals surface area contributed by atoms with Gasteiger partial charge in [-0.2, -0.15) is 0 Å². The highest BCUT2D eigenvalue weighted by molar-refractivity contribution is 6.30. The zero-order valence-electron chi connectivity index (χ0n) is 16.7. The van der Waals surface area contributed by atoms with Gasteiger partial charge < -0.3 is 9.88 Å². The van der Waals surface area contributed by atoms with Crippen LogP contribution in [0.1, 0.15) is 46.6 Å². The van der Waals surface area contributed by atoms with Gasteiger partial charge in [-0.3, -0.25) is 4.79 Å². The van der Waals surface area contributed by atoms with Gasteiger partial charge in [0.2, 0.25) is 0 Å². The van der Waals surface area contributed by atoms with E-state index in [0.29, 0.717) is 17.3 Å². The maximum Gasteiger partial charge on any atom is 0.271 e. The lowest BCUT2D eigenvalue weighted by molar-refractivity contribution is 0.0948. The second-order valence-corrected chi connectivity index (χ2v) is 8.13. The topological polar surface area (TPSA) is 46.9 Å². The van der Waals surface area contributed by atoms with Crippen LogP contribution in [0.15, 0.2) is 48.5 Å². The number of benzene rings is 2. The first-order chi connectivity index (χ1) is 14.1. The van der Waals surface area contributed by atoms with Gasteiger partial charge in [-0.25, -0.2) is 4.98 Å². The van der Waals surface area contributed by atoms with Crippen LogP contribution in [-0.4, -0.2) is 22.0 Å². The summed E-state index contributed by atoms with van der Waals surface area (Å²) in [5.41, 5.74) is 5.09. The quantitative estimate of drug-likeness (QED) is 0.631. The van der Waals surface area contributed by atoms with Gasteiger partial charge in [-0.15, -0.1) is 0 Å². The number of amides is 1. The average molecular weight is 408 g/mol. The zero-order valence-corrected chi connectivity index (χ0v) is 17.5. The SMILES string of the molecule is Cc1ccc(CCNC(=O)c2nc(-c3ccc(Cl)cc3)n3c2CCCCC3)cc1. The van der Waals surface area contributed by atoms with Gasteiger partial charge in [0.05, 0.1) is 5.69 Å². The van der Waals surface area contributed by atoms with Crippen LogP contribution in [0.25, 0.3) is 11.4 Å². The number of carbonyl (C=O) groups is 1. The maximum atomic E-state index is 13.0. The van der Waals surface area contributed by atoms with E-state index >= 15 is 0 Å². The summed E-state index contributed by atoms with van der Waals surface area (Å²) in [6, 6.07) is 16.1. The first kappa shape index (κ1) is 19.7. The maximum absolute atomic E-state index is 13.0. The molecular formula is C24H26ClN3O. The van der Waals surface area contributed by atoms with Crippen molar-refractivity contribution < 1.29 is 4.79 Å². The van der Waals surface area contributed by atoms with Crippen LogP contribution >= 0.6 is 11.6 Å². The Morgan fingerprint density at radius 3 is 2.59 bits per heavy atom. The minimum absolute atomic E-state index is 0.0806. The van der Waals surface area contributed by atoms with Crippen LogP contribution in [0.5, 0.6) is 0 Å². The predicted molar refractivity (Wildman–Crippen MR) is 117 cm³/mol. The van der Waals surface area contributed by atoms with Crippen molar-refractivity contribution in [3.05, 3.63) is 76.1 Å². The molecule has 2 aromatic carbocycles. The van der Waals surface area contributed by atoms with Crippen molar-refractivity contribution in [1.82, 2.24) is 14.9 Å². The fraction of sp³-hybridized carbons (Fsp3) is 0.333. The number of aryl methyl sites for hydroxylation is 1. The molecule has 4 nitrogen and oxygen atoms in total. The summed E-state index contributed by atoms with van der Waals surface area (Å²) in [4.78, 5) is 17.7. The molecule has 0 saturated heterocycles. The molecule has 1 aliphatic rings. The lowest BCUT2D eigenvalue weighted by Gasteiger charge is -2.09. The van der Waals surface area contributed by atoms with E-state index < -0.39 is 0 Å². The lowest BCUT2D eigenvalue weighted by Crippen LogP contribution is -2.27. The highest BCUT2D eigenvalue weighted by Gasteiger charge is 2.24. The van der Waals surface area contributed by atoms with Gasteiger partial charge in [-0.05, 0) is 62.4 Å². The van der Waals surface area contributed by atoms with Crippen molar-refractivity contribution in [2.24, 2.45) is 0 Å².